The summed E-state index contributed by atoms with van der Waals surface area (Å²) in [4.78, 5) is 0. The number of nitrogens with zero attached hydrogens (tertiary/aromatic N) is 2. The van der Waals surface area contributed by atoms with E-state index < -0.39 is 0 Å². The van der Waals surface area contributed by atoms with E-state index >= 15 is 0 Å². The van der Waals surface area contributed by atoms with Gasteiger partial charge in [0.1, 0.15) is 0 Å². The van der Waals surface area contributed by atoms with Gasteiger partial charge in [0, 0.05) is 12.7 Å². The zero-order valence-corrected chi connectivity index (χ0v) is 10.0. The monoisotopic (exact) mass is 229 g/mol. The maximum atomic E-state index is 5.51. The van der Waals surface area contributed by atoms with Gasteiger partial charge in [-0.2, -0.15) is 5.10 Å². The van der Waals surface area contributed by atoms with Gasteiger partial charge in [0.25, 0.3) is 0 Å². The van der Waals surface area contributed by atoms with Gasteiger partial charge < -0.3 is 5.73 Å². The van der Waals surface area contributed by atoms with E-state index in [0.717, 1.165) is 25.8 Å². The highest BCUT2D eigenvalue weighted by Crippen LogP contribution is 2.04. The Balaban J connectivity index is 1.78. The van der Waals surface area contributed by atoms with Gasteiger partial charge in [0.2, 0.25) is 0 Å². The molecule has 1 aromatic heterocycles. The topological polar surface area (TPSA) is 43.8 Å². The lowest BCUT2D eigenvalue weighted by molar-refractivity contribution is 0.578. The third-order valence-electron chi connectivity index (χ3n) is 2.82. The summed E-state index contributed by atoms with van der Waals surface area (Å²) in [6.45, 7) is 1.66. The van der Waals surface area contributed by atoms with Crippen molar-refractivity contribution >= 4 is 0 Å². The van der Waals surface area contributed by atoms with Crippen molar-refractivity contribution in [3.63, 3.8) is 0 Å². The summed E-state index contributed by atoms with van der Waals surface area (Å²) >= 11 is 0. The Labute approximate surface area is 102 Å². The summed E-state index contributed by atoms with van der Waals surface area (Å²) in [5, 5.41) is 4.33. The van der Waals surface area contributed by atoms with Crippen LogP contribution in [0.25, 0.3) is 0 Å². The molecule has 0 fully saturated rings. The van der Waals surface area contributed by atoms with Crippen LogP contribution in [0.4, 0.5) is 0 Å². The summed E-state index contributed by atoms with van der Waals surface area (Å²) < 4.78 is 2.01. The summed E-state index contributed by atoms with van der Waals surface area (Å²) in [5.41, 5.74) is 8.13. The van der Waals surface area contributed by atoms with Gasteiger partial charge in [-0.1, -0.05) is 30.3 Å². The lowest BCUT2D eigenvalue weighted by Gasteiger charge is -2.02. The van der Waals surface area contributed by atoms with Crippen LogP contribution in [0.1, 0.15) is 17.5 Å². The van der Waals surface area contributed by atoms with Gasteiger partial charge in [-0.15, -0.1) is 0 Å². The van der Waals surface area contributed by atoms with Crippen molar-refractivity contribution in [2.24, 2.45) is 5.73 Å². The first-order valence-corrected chi connectivity index (χ1v) is 6.14. The Morgan fingerprint density at radius 3 is 2.65 bits per heavy atom. The number of aromatic nitrogens is 2. The molecule has 0 saturated heterocycles. The van der Waals surface area contributed by atoms with Crippen LogP contribution in [0.3, 0.4) is 0 Å². The third kappa shape index (κ3) is 3.71. The number of aryl methyl sites for hydroxylation is 2. The smallest absolute Gasteiger partial charge is 0.0522 e. The molecule has 90 valence electrons. The molecule has 0 saturated carbocycles. The molecule has 2 N–H and O–H groups in total. The van der Waals surface area contributed by atoms with Crippen molar-refractivity contribution in [3.8, 4) is 0 Å². The van der Waals surface area contributed by atoms with E-state index in [2.05, 4.69) is 41.6 Å². The van der Waals surface area contributed by atoms with E-state index in [4.69, 9.17) is 5.73 Å². The molecule has 1 aromatic carbocycles. The molecule has 0 spiro atoms. The zero-order valence-electron chi connectivity index (χ0n) is 10.0. The lowest BCUT2D eigenvalue weighted by Crippen LogP contribution is -2.02. The second-order valence-corrected chi connectivity index (χ2v) is 4.24. The first-order chi connectivity index (χ1) is 8.38. The van der Waals surface area contributed by atoms with Crippen LogP contribution in [0.5, 0.6) is 0 Å². The first kappa shape index (κ1) is 11.9. The summed E-state index contributed by atoms with van der Waals surface area (Å²) in [6, 6.07) is 10.6. The van der Waals surface area contributed by atoms with Gasteiger partial charge in [0.05, 0.1) is 6.20 Å². The van der Waals surface area contributed by atoms with Crippen molar-refractivity contribution in [3.05, 3.63) is 53.9 Å². The quantitative estimate of drug-likeness (QED) is 0.823. The molecule has 2 rings (SSSR count). The average molecular weight is 229 g/mol. The predicted octanol–water partition coefficient (Wildman–Crippen LogP) is 2.02. The summed E-state index contributed by atoms with van der Waals surface area (Å²) in [5.74, 6) is 0. The normalized spacial score (nSPS) is 10.6. The molecule has 3 heteroatoms. The SMILES string of the molecule is NCCc1cnn(CCCc2ccccc2)c1. The number of benzene rings is 1. The molecule has 0 amide bonds. The van der Waals surface area contributed by atoms with Crippen molar-refractivity contribution in [2.45, 2.75) is 25.8 Å². The molecule has 0 unspecified atom stereocenters. The number of rotatable bonds is 6. The van der Waals surface area contributed by atoms with Gasteiger partial charge in [-0.3, -0.25) is 4.68 Å². The minimum Gasteiger partial charge on any atom is -0.330 e. The van der Waals surface area contributed by atoms with E-state index in [9.17, 15) is 0 Å². The van der Waals surface area contributed by atoms with Crippen LogP contribution in [0, 0.1) is 0 Å². The van der Waals surface area contributed by atoms with Crippen LogP contribution < -0.4 is 5.73 Å². The fraction of sp³-hybridized carbons (Fsp3) is 0.357. The highest BCUT2D eigenvalue weighted by atomic mass is 15.3. The predicted molar refractivity (Wildman–Crippen MR) is 69.7 cm³/mol. The largest absolute Gasteiger partial charge is 0.330 e. The Bertz CT molecular complexity index is 434. The molecular weight excluding hydrogens is 210 g/mol. The van der Waals surface area contributed by atoms with Crippen LogP contribution in [-0.2, 0) is 19.4 Å². The standard InChI is InChI=1S/C14H19N3/c15-9-8-14-11-16-17(12-14)10-4-7-13-5-2-1-3-6-13/h1-3,5-6,11-12H,4,7-10,15H2. The molecule has 0 bridgehead atoms. The zero-order chi connectivity index (χ0) is 11.9. The molecule has 0 aliphatic carbocycles. The fourth-order valence-electron chi connectivity index (χ4n) is 1.91. The van der Waals surface area contributed by atoms with Gasteiger partial charge in [-0.05, 0) is 36.9 Å². The molecule has 2 aromatic rings. The van der Waals surface area contributed by atoms with Gasteiger partial charge in [-0.25, -0.2) is 0 Å². The van der Waals surface area contributed by atoms with E-state index in [1.165, 1.54) is 11.1 Å². The van der Waals surface area contributed by atoms with Crippen LogP contribution in [0.15, 0.2) is 42.7 Å². The second kappa shape index (κ2) is 6.21. The van der Waals surface area contributed by atoms with E-state index in [1.54, 1.807) is 0 Å². The van der Waals surface area contributed by atoms with E-state index in [0.29, 0.717) is 6.54 Å². The molecule has 1 heterocycles. The Morgan fingerprint density at radius 1 is 1.06 bits per heavy atom. The molecule has 3 nitrogen and oxygen atoms in total. The highest BCUT2D eigenvalue weighted by molar-refractivity contribution is 5.14. The maximum absolute atomic E-state index is 5.51. The minimum absolute atomic E-state index is 0.690. The average Bonchev–Trinajstić information content (AvgIpc) is 2.79. The molecule has 0 radical (unpaired) electrons. The Hall–Kier alpha value is -1.61. The maximum Gasteiger partial charge on any atom is 0.0522 e. The van der Waals surface area contributed by atoms with Gasteiger partial charge >= 0.3 is 0 Å². The molecule has 0 aliphatic rings. The van der Waals surface area contributed by atoms with Crippen molar-refractivity contribution in [1.29, 1.82) is 0 Å². The van der Waals surface area contributed by atoms with E-state index in [-0.39, 0.29) is 0 Å². The van der Waals surface area contributed by atoms with E-state index in [1.807, 2.05) is 10.9 Å². The van der Waals surface area contributed by atoms with Crippen LogP contribution >= 0.6 is 0 Å². The Kier molecular flexibility index (Phi) is 4.33. The molecule has 0 aliphatic heterocycles. The molecule has 17 heavy (non-hydrogen) atoms. The summed E-state index contributed by atoms with van der Waals surface area (Å²) in [7, 11) is 0. The lowest BCUT2D eigenvalue weighted by atomic mass is 10.1. The van der Waals surface area contributed by atoms with Gasteiger partial charge in [0.15, 0.2) is 0 Å². The van der Waals surface area contributed by atoms with Crippen molar-refractivity contribution in [2.75, 3.05) is 6.54 Å². The van der Waals surface area contributed by atoms with Crippen LogP contribution in [0.2, 0.25) is 0 Å². The summed E-state index contributed by atoms with van der Waals surface area (Å²) in [6.07, 6.45) is 7.15. The van der Waals surface area contributed by atoms with Crippen LogP contribution in [-0.4, -0.2) is 16.3 Å². The van der Waals surface area contributed by atoms with Crippen molar-refractivity contribution in [1.82, 2.24) is 9.78 Å². The molecule has 0 atom stereocenters. The first-order valence-electron chi connectivity index (χ1n) is 6.14. The highest BCUT2D eigenvalue weighted by Gasteiger charge is 1.98. The third-order valence-corrected chi connectivity index (χ3v) is 2.82. The van der Waals surface area contributed by atoms with Crippen molar-refractivity contribution < 1.29 is 0 Å². The number of hydrogen-bond acceptors (Lipinski definition) is 2. The molecular formula is C14H19N3. The second-order valence-electron chi connectivity index (χ2n) is 4.24. The number of hydrogen-bond donors (Lipinski definition) is 1. The minimum atomic E-state index is 0.690. The number of nitrogens with two attached hydrogens (primary N) is 1. The fourth-order valence-corrected chi connectivity index (χ4v) is 1.91. The Morgan fingerprint density at radius 2 is 1.88 bits per heavy atom.